The highest BCUT2D eigenvalue weighted by atomic mass is 35.5. The fraction of sp³-hybridized carbons (Fsp3) is 0.118. The number of anilines is 2. The Balaban J connectivity index is 1.64. The van der Waals surface area contributed by atoms with Gasteiger partial charge in [-0.1, -0.05) is 41.4 Å². The first kappa shape index (κ1) is 20.4. The van der Waals surface area contributed by atoms with Crippen LogP contribution in [0.3, 0.4) is 0 Å². The summed E-state index contributed by atoms with van der Waals surface area (Å²) in [5.41, 5.74) is 0.236. The Morgan fingerprint density at radius 3 is 2.61 bits per heavy atom. The van der Waals surface area contributed by atoms with Crippen LogP contribution in [0.1, 0.15) is 11.1 Å². The molecule has 3 rings (SSSR count). The smallest absolute Gasteiger partial charge is 0.331 e. The van der Waals surface area contributed by atoms with Crippen LogP contribution >= 0.6 is 35.4 Å². The molecule has 0 saturated carbocycles. The first-order valence-electron chi connectivity index (χ1n) is 7.80. The van der Waals surface area contributed by atoms with Gasteiger partial charge in [-0.15, -0.1) is 5.10 Å². The van der Waals surface area contributed by atoms with Crippen LogP contribution in [0.25, 0.3) is 0 Å². The molecular formula is C17H12Cl2F3N5S. The molecule has 0 amide bonds. The molecule has 0 radical (unpaired) electrons. The van der Waals surface area contributed by atoms with Gasteiger partial charge in [-0.25, -0.2) is 9.67 Å². The minimum Gasteiger partial charge on any atom is -0.331 e. The lowest BCUT2D eigenvalue weighted by atomic mass is 10.1. The molecule has 0 saturated heterocycles. The topological polar surface area (TPSA) is 54.8 Å². The van der Waals surface area contributed by atoms with Gasteiger partial charge in [0, 0.05) is 0 Å². The van der Waals surface area contributed by atoms with E-state index in [4.69, 9.17) is 35.4 Å². The van der Waals surface area contributed by atoms with E-state index >= 15 is 0 Å². The Morgan fingerprint density at radius 1 is 1.11 bits per heavy atom. The van der Waals surface area contributed by atoms with Gasteiger partial charge in [0.15, 0.2) is 5.11 Å². The highest BCUT2D eigenvalue weighted by Gasteiger charge is 2.30. The Kier molecular flexibility index (Phi) is 6.07. The first-order chi connectivity index (χ1) is 13.2. The van der Waals surface area contributed by atoms with Gasteiger partial charge in [0.25, 0.3) is 0 Å². The predicted octanol–water partition coefficient (Wildman–Crippen LogP) is 5.46. The van der Waals surface area contributed by atoms with Crippen molar-refractivity contribution in [2.75, 3.05) is 10.6 Å². The lowest BCUT2D eigenvalue weighted by molar-refractivity contribution is -0.137. The summed E-state index contributed by atoms with van der Waals surface area (Å²) in [7, 11) is 0. The van der Waals surface area contributed by atoms with Gasteiger partial charge in [-0.3, -0.25) is 5.32 Å². The second-order valence-corrected chi connectivity index (χ2v) is 6.84. The quantitative estimate of drug-likeness (QED) is 0.522. The zero-order valence-electron chi connectivity index (χ0n) is 14.0. The summed E-state index contributed by atoms with van der Waals surface area (Å²) in [5.74, 6) is 0.183. The van der Waals surface area contributed by atoms with E-state index in [2.05, 4.69) is 20.7 Å². The van der Waals surface area contributed by atoms with Gasteiger partial charge in [0.1, 0.15) is 6.33 Å². The number of nitrogens with one attached hydrogen (secondary N) is 2. The van der Waals surface area contributed by atoms with Gasteiger partial charge in [0.2, 0.25) is 5.95 Å². The maximum Gasteiger partial charge on any atom is 0.416 e. The van der Waals surface area contributed by atoms with E-state index in [1.165, 1.54) is 17.1 Å². The first-order valence-corrected chi connectivity index (χ1v) is 8.96. The van der Waals surface area contributed by atoms with Crippen molar-refractivity contribution < 1.29 is 13.2 Å². The summed E-state index contributed by atoms with van der Waals surface area (Å²) < 4.78 is 39.8. The second kappa shape index (κ2) is 8.34. The molecular weight excluding hydrogens is 434 g/mol. The summed E-state index contributed by atoms with van der Waals surface area (Å²) >= 11 is 17.2. The number of hydrogen-bond donors (Lipinski definition) is 2. The van der Waals surface area contributed by atoms with Crippen molar-refractivity contribution in [2.45, 2.75) is 12.7 Å². The third-order valence-electron chi connectivity index (χ3n) is 3.56. The van der Waals surface area contributed by atoms with Crippen LogP contribution in [0.15, 0.2) is 48.8 Å². The third kappa shape index (κ3) is 5.12. The van der Waals surface area contributed by atoms with Crippen molar-refractivity contribution in [1.82, 2.24) is 14.8 Å². The number of benzene rings is 2. The van der Waals surface area contributed by atoms with Gasteiger partial charge in [-0.05, 0) is 42.0 Å². The zero-order chi connectivity index (χ0) is 20.3. The molecule has 3 aromatic rings. The SMILES string of the molecule is FC(F)(F)c1cccc(Cn2cnc(NC(=S)Nc3cccc(Cl)c3Cl)n2)c1. The van der Waals surface area contributed by atoms with Crippen LogP contribution in [-0.2, 0) is 12.7 Å². The van der Waals surface area contributed by atoms with Crippen LogP contribution in [0.4, 0.5) is 24.8 Å². The maximum absolute atomic E-state index is 12.8. The van der Waals surface area contributed by atoms with Gasteiger partial charge in [0.05, 0.1) is 27.8 Å². The third-order valence-corrected chi connectivity index (χ3v) is 4.58. The fourth-order valence-electron chi connectivity index (χ4n) is 2.32. The van der Waals surface area contributed by atoms with Gasteiger partial charge < -0.3 is 5.32 Å². The molecule has 1 aromatic heterocycles. The summed E-state index contributed by atoms with van der Waals surface area (Å²) in [5, 5.41) is 10.7. The van der Waals surface area contributed by atoms with Crippen LogP contribution in [0.2, 0.25) is 10.0 Å². The minimum atomic E-state index is -4.40. The van der Waals surface area contributed by atoms with E-state index in [0.29, 0.717) is 21.3 Å². The van der Waals surface area contributed by atoms with Crippen LogP contribution < -0.4 is 10.6 Å². The number of halogens is 5. The number of nitrogens with zero attached hydrogens (tertiary/aromatic N) is 3. The summed E-state index contributed by atoms with van der Waals surface area (Å²) in [6.07, 6.45) is -3.01. The predicted molar refractivity (Wildman–Crippen MR) is 107 cm³/mol. The average Bonchev–Trinajstić information content (AvgIpc) is 3.05. The highest BCUT2D eigenvalue weighted by molar-refractivity contribution is 7.80. The molecule has 0 aliphatic rings. The fourth-order valence-corrected chi connectivity index (χ4v) is 2.87. The van der Waals surface area contributed by atoms with Crippen molar-refractivity contribution in [1.29, 1.82) is 0 Å². The summed E-state index contributed by atoms with van der Waals surface area (Å²) in [4.78, 5) is 4.04. The van der Waals surface area contributed by atoms with Crippen LogP contribution in [0.5, 0.6) is 0 Å². The summed E-state index contributed by atoms with van der Waals surface area (Å²) in [6, 6.07) is 10.1. The van der Waals surface area contributed by atoms with E-state index in [9.17, 15) is 13.2 Å². The van der Waals surface area contributed by atoms with E-state index in [1.807, 2.05) is 0 Å². The van der Waals surface area contributed by atoms with E-state index in [-0.39, 0.29) is 17.6 Å². The molecule has 1 heterocycles. The molecule has 0 atom stereocenters. The van der Waals surface area contributed by atoms with Crippen molar-refractivity contribution in [3.05, 3.63) is 70.0 Å². The molecule has 0 spiro atoms. The second-order valence-electron chi connectivity index (χ2n) is 5.64. The molecule has 5 nitrogen and oxygen atoms in total. The molecule has 0 bridgehead atoms. The lowest BCUT2D eigenvalue weighted by Gasteiger charge is -2.10. The molecule has 28 heavy (non-hydrogen) atoms. The summed E-state index contributed by atoms with van der Waals surface area (Å²) in [6.45, 7) is 0.124. The zero-order valence-corrected chi connectivity index (χ0v) is 16.3. The van der Waals surface area contributed by atoms with Crippen LogP contribution in [0, 0.1) is 0 Å². The Morgan fingerprint density at radius 2 is 1.86 bits per heavy atom. The Labute approximate surface area is 173 Å². The molecule has 2 aromatic carbocycles. The number of thiocarbonyl (C=S) groups is 1. The molecule has 0 fully saturated rings. The van der Waals surface area contributed by atoms with Crippen molar-refractivity contribution >= 4 is 52.2 Å². The minimum absolute atomic E-state index is 0.124. The van der Waals surface area contributed by atoms with Gasteiger partial charge >= 0.3 is 6.18 Å². The number of alkyl halides is 3. The monoisotopic (exact) mass is 445 g/mol. The number of aromatic nitrogens is 3. The molecule has 11 heteroatoms. The van der Waals surface area contributed by atoms with Crippen molar-refractivity contribution in [2.24, 2.45) is 0 Å². The maximum atomic E-state index is 12.8. The normalized spacial score (nSPS) is 11.3. The largest absolute Gasteiger partial charge is 0.416 e. The van der Waals surface area contributed by atoms with E-state index in [0.717, 1.165) is 12.1 Å². The molecule has 146 valence electrons. The van der Waals surface area contributed by atoms with E-state index in [1.54, 1.807) is 24.3 Å². The van der Waals surface area contributed by atoms with Crippen molar-refractivity contribution in [3.63, 3.8) is 0 Å². The Hall–Kier alpha value is -2.36. The number of rotatable bonds is 4. The molecule has 0 aliphatic carbocycles. The molecule has 0 unspecified atom stereocenters. The lowest BCUT2D eigenvalue weighted by Crippen LogP contribution is -2.20. The Bertz CT molecular complexity index is 1010. The van der Waals surface area contributed by atoms with E-state index < -0.39 is 11.7 Å². The molecule has 2 N–H and O–H groups in total. The molecule has 0 aliphatic heterocycles. The van der Waals surface area contributed by atoms with Crippen molar-refractivity contribution in [3.8, 4) is 0 Å². The van der Waals surface area contributed by atoms with Crippen LogP contribution in [-0.4, -0.2) is 19.9 Å². The number of hydrogen-bond acceptors (Lipinski definition) is 3. The van der Waals surface area contributed by atoms with Gasteiger partial charge in [-0.2, -0.15) is 13.2 Å². The standard InChI is InChI=1S/C17H12Cl2F3N5S/c18-12-5-2-6-13(14(12)19)24-16(28)25-15-23-9-27(26-15)8-10-3-1-4-11(7-10)17(20,21)22/h1-7,9H,8H2,(H2,24,25,26,28). The average molecular weight is 446 g/mol. The highest BCUT2D eigenvalue weighted by Crippen LogP contribution is 2.30.